The molecule has 7 heteroatoms. The monoisotopic (exact) mass is 385 g/mol. The molecule has 0 spiro atoms. The van der Waals surface area contributed by atoms with Crippen LogP contribution in [0.25, 0.3) is 0 Å². The van der Waals surface area contributed by atoms with E-state index < -0.39 is 0 Å². The summed E-state index contributed by atoms with van der Waals surface area (Å²) in [5.74, 6) is 0.638. The Morgan fingerprint density at radius 2 is 1.54 bits per heavy atom. The van der Waals surface area contributed by atoms with Crippen LogP contribution in [0.1, 0.15) is 17.5 Å². The molecular formula is C21H28FN5O. The van der Waals surface area contributed by atoms with E-state index in [0.717, 1.165) is 89.1 Å². The molecule has 2 aliphatic heterocycles. The first-order valence-corrected chi connectivity index (χ1v) is 10.1. The van der Waals surface area contributed by atoms with E-state index in [1.54, 1.807) is 12.1 Å². The number of ether oxygens (including phenoxy) is 1. The minimum absolute atomic E-state index is 0.158. The molecule has 1 aromatic carbocycles. The molecule has 0 amide bonds. The summed E-state index contributed by atoms with van der Waals surface area (Å²) in [5.41, 5.74) is 2.19. The van der Waals surface area contributed by atoms with Crippen LogP contribution < -0.4 is 4.90 Å². The van der Waals surface area contributed by atoms with E-state index in [9.17, 15) is 4.39 Å². The van der Waals surface area contributed by atoms with Crippen LogP contribution in [0.15, 0.2) is 36.7 Å². The number of anilines is 1. The smallest absolute Gasteiger partial charge is 0.225 e. The molecule has 0 aliphatic carbocycles. The van der Waals surface area contributed by atoms with Crippen molar-refractivity contribution < 1.29 is 9.13 Å². The number of morpholine rings is 1. The second-order valence-corrected chi connectivity index (χ2v) is 7.53. The Balaban J connectivity index is 1.28. The highest BCUT2D eigenvalue weighted by molar-refractivity contribution is 5.30. The quantitative estimate of drug-likeness (QED) is 0.786. The lowest BCUT2D eigenvalue weighted by Crippen LogP contribution is -2.37. The van der Waals surface area contributed by atoms with E-state index in [4.69, 9.17) is 4.74 Å². The highest BCUT2D eigenvalue weighted by Gasteiger charge is 2.17. The van der Waals surface area contributed by atoms with E-state index in [0.29, 0.717) is 0 Å². The van der Waals surface area contributed by atoms with E-state index in [1.165, 1.54) is 6.07 Å². The zero-order valence-electron chi connectivity index (χ0n) is 16.3. The van der Waals surface area contributed by atoms with Gasteiger partial charge in [0.05, 0.1) is 13.2 Å². The number of aromatic nitrogens is 2. The standard InChI is InChI=1S/C21H28FN5O/c22-20-4-1-3-18(13-20)16-25-5-2-6-26(8-7-25)17-19-14-23-21(24-15-19)27-9-11-28-12-10-27/h1,3-4,13-15H,2,5-12,16-17H2. The maximum absolute atomic E-state index is 13.4. The van der Waals surface area contributed by atoms with Crippen molar-refractivity contribution in [3.63, 3.8) is 0 Å². The molecule has 6 nitrogen and oxygen atoms in total. The third-order valence-corrected chi connectivity index (χ3v) is 5.37. The van der Waals surface area contributed by atoms with Crippen LogP contribution >= 0.6 is 0 Å². The Labute approximate surface area is 165 Å². The molecule has 0 atom stereocenters. The predicted molar refractivity (Wildman–Crippen MR) is 107 cm³/mol. The first-order valence-electron chi connectivity index (χ1n) is 10.1. The fourth-order valence-corrected chi connectivity index (χ4v) is 3.85. The number of hydrogen-bond acceptors (Lipinski definition) is 6. The molecule has 4 rings (SSSR count). The van der Waals surface area contributed by atoms with E-state index in [-0.39, 0.29) is 5.82 Å². The first kappa shape index (κ1) is 19.2. The van der Waals surface area contributed by atoms with Gasteiger partial charge in [-0.3, -0.25) is 9.80 Å². The first-order chi connectivity index (χ1) is 13.8. The van der Waals surface area contributed by atoms with Gasteiger partial charge in [-0.05, 0) is 37.2 Å². The van der Waals surface area contributed by atoms with Crippen LogP contribution in [0.3, 0.4) is 0 Å². The van der Waals surface area contributed by atoms with Crippen molar-refractivity contribution in [1.82, 2.24) is 19.8 Å². The molecule has 2 aromatic rings. The maximum atomic E-state index is 13.4. The number of halogens is 1. The van der Waals surface area contributed by atoms with Crippen molar-refractivity contribution in [2.75, 3.05) is 57.4 Å². The third-order valence-electron chi connectivity index (χ3n) is 5.37. The molecule has 0 unspecified atom stereocenters. The van der Waals surface area contributed by atoms with Gasteiger partial charge in [0.2, 0.25) is 5.95 Å². The van der Waals surface area contributed by atoms with Gasteiger partial charge in [0.1, 0.15) is 5.82 Å². The summed E-state index contributed by atoms with van der Waals surface area (Å²) in [5, 5.41) is 0. The largest absolute Gasteiger partial charge is 0.378 e. The van der Waals surface area contributed by atoms with E-state index in [1.807, 2.05) is 18.5 Å². The van der Waals surface area contributed by atoms with Crippen molar-refractivity contribution >= 4 is 5.95 Å². The van der Waals surface area contributed by atoms with Crippen molar-refractivity contribution in [2.24, 2.45) is 0 Å². The third kappa shape index (κ3) is 5.25. The normalized spacial score (nSPS) is 19.5. The molecule has 2 fully saturated rings. The van der Waals surface area contributed by atoms with Crippen LogP contribution in [0, 0.1) is 5.82 Å². The lowest BCUT2D eigenvalue weighted by molar-refractivity contribution is 0.122. The SMILES string of the molecule is Fc1cccc(CN2CCCN(Cc3cnc(N4CCOCC4)nc3)CC2)c1. The summed E-state index contributed by atoms with van der Waals surface area (Å²) in [4.78, 5) is 16.2. The van der Waals surface area contributed by atoms with E-state index in [2.05, 4.69) is 24.7 Å². The van der Waals surface area contributed by atoms with Gasteiger partial charge in [-0.15, -0.1) is 0 Å². The molecule has 28 heavy (non-hydrogen) atoms. The van der Waals surface area contributed by atoms with Gasteiger partial charge in [0.25, 0.3) is 0 Å². The van der Waals surface area contributed by atoms with Crippen molar-refractivity contribution in [3.05, 3.63) is 53.6 Å². The summed E-state index contributed by atoms with van der Waals surface area (Å²) in [6.45, 7) is 8.96. The molecule has 0 bridgehead atoms. The fourth-order valence-electron chi connectivity index (χ4n) is 3.85. The molecule has 0 N–H and O–H groups in total. The Kier molecular flexibility index (Phi) is 6.46. The number of nitrogens with zero attached hydrogens (tertiary/aromatic N) is 5. The lowest BCUT2D eigenvalue weighted by Gasteiger charge is -2.27. The van der Waals surface area contributed by atoms with Crippen LogP contribution in [-0.4, -0.2) is 72.3 Å². The summed E-state index contributed by atoms with van der Waals surface area (Å²) < 4.78 is 18.8. The average Bonchev–Trinajstić information content (AvgIpc) is 2.94. The highest BCUT2D eigenvalue weighted by atomic mass is 19.1. The van der Waals surface area contributed by atoms with Gasteiger partial charge in [-0.1, -0.05) is 12.1 Å². The van der Waals surface area contributed by atoms with Gasteiger partial charge in [-0.2, -0.15) is 0 Å². The van der Waals surface area contributed by atoms with Crippen LogP contribution in [0.4, 0.5) is 10.3 Å². The molecule has 0 radical (unpaired) electrons. The average molecular weight is 385 g/mol. The summed E-state index contributed by atoms with van der Waals surface area (Å²) in [6.07, 6.45) is 5.02. The molecule has 3 heterocycles. The predicted octanol–water partition coefficient (Wildman–Crippen LogP) is 2.16. The van der Waals surface area contributed by atoms with E-state index >= 15 is 0 Å². The molecule has 150 valence electrons. The molecular weight excluding hydrogens is 357 g/mol. The zero-order valence-corrected chi connectivity index (χ0v) is 16.3. The van der Waals surface area contributed by atoms with Crippen LogP contribution in [0.2, 0.25) is 0 Å². The Morgan fingerprint density at radius 3 is 2.21 bits per heavy atom. The molecule has 2 aliphatic rings. The van der Waals surface area contributed by atoms with Gasteiger partial charge in [0, 0.05) is 57.2 Å². The van der Waals surface area contributed by atoms with Crippen LogP contribution in [0.5, 0.6) is 0 Å². The molecule has 2 saturated heterocycles. The highest BCUT2D eigenvalue weighted by Crippen LogP contribution is 2.14. The number of benzene rings is 1. The molecule has 0 saturated carbocycles. The van der Waals surface area contributed by atoms with Gasteiger partial charge in [-0.25, -0.2) is 14.4 Å². The second kappa shape index (κ2) is 9.41. The molecule has 1 aromatic heterocycles. The minimum atomic E-state index is -0.158. The topological polar surface area (TPSA) is 44.7 Å². The van der Waals surface area contributed by atoms with Crippen LogP contribution in [-0.2, 0) is 17.8 Å². The van der Waals surface area contributed by atoms with Gasteiger partial charge < -0.3 is 9.64 Å². The van der Waals surface area contributed by atoms with Gasteiger partial charge in [0.15, 0.2) is 0 Å². The van der Waals surface area contributed by atoms with Crippen molar-refractivity contribution in [2.45, 2.75) is 19.5 Å². The van der Waals surface area contributed by atoms with Crippen molar-refractivity contribution in [3.8, 4) is 0 Å². The maximum Gasteiger partial charge on any atom is 0.225 e. The summed E-state index contributed by atoms with van der Waals surface area (Å²) >= 11 is 0. The minimum Gasteiger partial charge on any atom is -0.378 e. The van der Waals surface area contributed by atoms with Crippen molar-refractivity contribution in [1.29, 1.82) is 0 Å². The Bertz CT molecular complexity index is 751. The zero-order chi connectivity index (χ0) is 19.2. The number of hydrogen-bond donors (Lipinski definition) is 0. The Hall–Kier alpha value is -2.09. The number of rotatable bonds is 5. The fraction of sp³-hybridized carbons (Fsp3) is 0.524. The van der Waals surface area contributed by atoms with Gasteiger partial charge >= 0.3 is 0 Å². The summed E-state index contributed by atoms with van der Waals surface area (Å²) in [7, 11) is 0. The summed E-state index contributed by atoms with van der Waals surface area (Å²) in [6, 6.07) is 6.92. The second-order valence-electron chi connectivity index (χ2n) is 7.53. The Morgan fingerprint density at radius 1 is 0.857 bits per heavy atom. The lowest BCUT2D eigenvalue weighted by atomic mass is 10.2.